The minimum atomic E-state index is -0.363. The van der Waals surface area contributed by atoms with E-state index in [-0.39, 0.29) is 11.3 Å². The van der Waals surface area contributed by atoms with Crippen LogP contribution in [0.3, 0.4) is 0 Å². The van der Waals surface area contributed by atoms with Crippen LogP contribution in [0.5, 0.6) is 0 Å². The second-order valence-corrected chi connectivity index (χ2v) is 6.09. The second-order valence-electron chi connectivity index (χ2n) is 5.17. The number of hydrogen-bond donors (Lipinski definition) is 2. The minimum Gasteiger partial charge on any atom is -0.324 e. The van der Waals surface area contributed by atoms with Gasteiger partial charge in [0.2, 0.25) is 5.91 Å². The Morgan fingerprint density at radius 1 is 1.60 bits per heavy atom. The Morgan fingerprint density at radius 3 is 3.00 bits per heavy atom. The number of rotatable bonds is 3. The molecule has 1 amide bonds. The van der Waals surface area contributed by atoms with Crippen molar-refractivity contribution in [1.82, 2.24) is 5.32 Å². The summed E-state index contributed by atoms with van der Waals surface area (Å²) in [5.74, 6) is 0.00558. The monoisotopic (exact) mass is 335 g/mol. The van der Waals surface area contributed by atoms with E-state index in [1.165, 1.54) is 0 Å². The molecule has 1 aliphatic heterocycles. The number of anilines is 1. The van der Waals surface area contributed by atoms with E-state index < -0.39 is 0 Å². The topological polar surface area (TPSA) is 64.9 Å². The average Bonchev–Trinajstić information content (AvgIpc) is 2.49. The van der Waals surface area contributed by atoms with Gasteiger partial charge in [0, 0.05) is 11.0 Å². The predicted molar refractivity (Wildman–Crippen MR) is 82.3 cm³/mol. The van der Waals surface area contributed by atoms with E-state index in [0.29, 0.717) is 17.8 Å². The number of benzene rings is 1. The largest absolute Gasteiger partial charge is 0.324 e. The van der Waals surface area contributed by atoms with Crippen LogP contribution in [0, 0.1) is 16.7 Å². The molecular weight excluding hydrogens is 318 g/mol. The van der Waals surface area contributed by atoms with Crippen molar-refractivity contribution in [1.29, 1.82) is 5.26 Å². The van der Waals surface area contributed by atoms with Crippen molar-refractivity contribution in [2.45, 2.75) is 26.2 Å². The number of amides is 1. The first kappa shape index (κ1) is 15.0. The molecule has 0 aromatic heterocycles. The zero-order valence-electron chi connectivity index (χ0n) is 11.5. The van der Waals surface area contributed by atoms with Gasteiger partial charge in [-0.25, -0.2) is 0 Å². The first-order chi connectivity index (χ1) is 9.61. The summed E-state index contributed by atoms with van der Waals surface area (Å²) in [6.07, 6.45) is 2.69. The molecule has 4 nitrogen and oxygen atoms in total. The molecule has 5 heteroatoms. The molecule has 1 atom stereocenters. The lowest BCUT2D eigenvalue weighted by Crippen LogP contribution is -2.47. The third-order valence-electron chi connectivity index (χ3n) is 3.98. The van der Waals surface area contributed by atoms with Gasteiger partial charge in [-0.15, -0.1) is 0 Å². The summed E-state index contributed by atoms with van der Waals surface area (Å²) in [5, 5.41) is 15.4. The lowest BCUT2D eigenvalue weighted by atomic mass is 9.77. The normalized spacial score (nSPS) is 22.1. The fraction of sp³-hybridized carbons (Fsp3) is 0.467. The van der Waals surface area contributed by atoms with Crippen LogP contribution >= 0.6 is 15.9 Å². The Morgan fingerprint density at radius 2 is 2.40 bits per heavy atom. The van der Waals surface area contributed by atoms with E-state index in [1.54, 1.807) is 12.1 Å². The SMILES string of the molecule is CCC1(C(=O)Nc2ccc(Br)cc2C#N)CCCNC1. The highest BCUT2D eigenvalue weighted by molar-refractivity contribution is 9.10. The minimum absolute atomic E-state index is 0.00558. The molecule has 0 aliphatic carbocycles. The van der Waals surface area contributed by atoms with Crippen molar-refractivity contribution in [3.05, 3.63) is 28.2 Å². The number of nitrogens with one attached hydrogen (secondary N) is 2. The third kappa shape index (κ3) is 3.02. The highest BCUT2D eigenvalue weighted by Gasteiger charge is 2.38. The molecule has 1 aliphatic rings. The Kier molecular flexibility index (Phi) is 4.79. The molecule has 0 saturated carbocycles. The molecule has 20 heavy (non-hydrogen) atoms. The van der Waals surface area contributed by atoms with Gasteiger partial charge in [-0.3, -0.25) is 4.79 Å². The Balaban J connectivity index is 2.21. The summed E-state index contributed by atoms with van der Waals surface area (Å²) in [4.78, 5) is 12.6. The fourth-order valence-corrected chi connectivity index (χ4v) is 2.96. The quantitative estimate of drug-likeness (QED) is 0.892. The molecule has 1 unspecified atom stereocenters. The molecule has 0 spiro atoms. The van der Waals surface area contributed by atoms with Crippen molar-refractivity contribution in [3.8, 4) is 6.07 Å². The molecule has 2 rings (SSSR count). The van der Waals surface area contributed by atoms with Gasteiger partial charge >= 0.3 is 0 Å². The molecule has 1 aromatic rings. The van der Waals surface area contributed by atoms with Crippen LogP contribution < -0.4 is 10.6 Å². The van der Waals surface area contributed by atoms with E-state index in [1.807, 2.05) is 13.0 Å². The Bertz CT molecular complexity index is 545. The number of piperidine rings is 1. The molecular formula is C15H18BrN3O. The highest BCUT2D eigenvalue weighted by Crippen LogP contribution is 2.32. The summed E-state index contributed by atoms with van der Waals surface area (Å²) in [6.45, 7) is 3.71. The predicted octanol–water partition coefficient (Wildman–Crippen LogP) is 3.04. The van der Waals surface area contributed by atoms with Crippen molar-refractivity contribution in [2.75, 3.05) is 18.4 Å². The van der Waals surface area contributed by atoms with E-state index in [2.05, 4.69) is 32.6 Å². The number of nitrogens with zero attached hydrogens (tertiary/aromatic N) is 1. The van der Waals surface area contributed by atoms with Crippen LogP contribution in [-0.2, 0) is 4.79 Å². The van der Waals surface area contributed by atoms with Crippen molar-refractivity contribution < 1.29 is 4.79 Å². The summed E-state index contributed by atoms with van der Waals surface area (Å²) < 4.78 is 0.830. The summed E-state index contributed by atoms with van der Waals surface area (Å²) in [5.41, 5.74) is 0.694. The van der Waals surface area contributed by atoms with E-state index in [0.717, 1.165) is 30.3 Å². The maximum absolute atomic E-state index is 12.6. The maximum Gasteiger partial charge on any atom is 0.231 e. The van der Waals surface area contributed by atoms with Crippen LogP contribution in [0.25, 0.3) is 0 Å². The molecule has 1 fully saturated rings. The molecule has 1 aromatic carbocycles. The Hall–Kier alpha value is -1.38. The van der Waals surface area contributed by atoms with Gasteiger partial charge in [-0.05, 0) is 44.0 Å². The van der Waals surface area contributed by atoms with Crippen LogP contribution in [0.1, 0.15) is 31.7 Å². The third-order valence-corrected chi connectivity index (χ3v) is 4.47. The van der Waals surface area contributed by atoms with Crippen molar-refractivity contribution in [3.63, 3.8) is 0 Å². The zero-order chi connectivity index (χ0) is 14.6. The van der Waals surface area contributed by atoms with E-state index >= 15 is 0 Å². The van der Waals surface area contributed by atoms with Crippen LogP contribution in [-0.4, -0.2) is 19.0 Å². The lowest BCUT2D eigenvalue weighted by molar-refractivity contribution is -0.126. The van der Waals surface area contributed by atoms with Gasteiger partial charge in [0.05, 0.1) is 16.7 Å². The molecule has 1 heterocycles. The summed E-state index contributed by atoms with van der Waals surface area (Å²) in [6, 6.07) is 7.42. The number of carbonyl (C=O) groups is 1. The maximum atomic E-state index is 12.6. The van der Waals surface area contributed by atoms with E-state index in [9.17, 15) is 4.79 Å². The lowest BCUT2D eigenvalue weighted by Gasteiger charge is -2.35. The molecule has 106 valence electrons. The van der Waals surface area contributed by atoms with Crippen LogP contribution in [0.2, 0.25) is 0 Å². The van der Waals surface area contributed by atoms with Gasteiger partial charge in [-0.2, -0.15) is 5.26 Å². The number of halogens is 1. The molecule has 0 bridgehead atoms. The summed E-state index contributed by atoms with van der Waals surface area (Å²) in [7, 11) is 0. The van der Waals surface area contributed by atoms with Gasteiger partial charge in [0.15, 0.2) is 0 Å². The number of nitriles is 1. The van der Waals surface area contributed by atoms with E-state index in [4.69, 9.17) is 5.26 Å². The van der Waals surface area contributed by atoms with Crippen molar-refractivity contribution >= 4 is 27.5 Å². The van der Waals surface area contributed by atoms with Gasteiger partial charge in [0.25, 0.3) is 0 Å². The smallest absolute Gasteiger partial charge is 0.231 e. The molecule has 0 radical (unpaired) electrons. The standard InChI is InChI=1S/C15H18BrN3O/c1-2-15(6-3-7-18-10-15)14(20)19-13-5-4-12(16)8-11(13)9-17/h4-5,8,18H,2-3,6-7,10H2,1H3,(H,19,20). The van der Waals surface area contributed by atoms with Gasteiger partial charge in [0.1, 0.15) is 6.07 Å². The molecule has 1 saturated heterocycles. The summed E-state index contributed by atoms with van der Waals surface area (Å²) >= 11 is 3.33. The average molecular weight is 336 g/mol. The van der Waals surface area contributed by atoms with Crippen LogP contribution in [0.4, 0.5) is 5.69 Å². The number of hydrogen-bond acceptors (Lipinski definition) is 3. The first-order valence-corrected chi connectivity index (χ1v) is 7.62. The van der Waals surface area contributed by atoms with Crippen molar-refractivity contribution in [2.24, 2.45) is 5.41 Å². The van der Waals surface area contributed by atoms with Gasteiger partial charge in [-0.1, -0.05) is 22.9 Å². The zero-order valence-corrected chi connectivity index (χ0v) is 13.1. The highest BCUT2D eigenvalue weighted by atomic mass is 79.9. The fourth-order valence-electron chi connectivity index (χ4n) is 2.60. The second kappa shape index (κ2) is 6.38. The Labute approximate surface area is 127 Å². The first-order valence-electron chi connectivity index (χ1n) is 6.83. The van der Waals surface area contributed by atoms with Crippen LogP contribution in [0.15, 0.2) is 22.7 Å². The van der Waals surface area contributed by atoms with Gasteiger partial charge < -0.3 is 10.6 Å². The molecule has 2 N–H and O–H groups in total. The number of carbonyl (C=O) groups excluding carboxylic acids is 1.